The van der Waals surface area contributed by atoms with Crippen LogP contribution in [0.25, 0.3) is 0 Å². The summed E-state index contributed by atoms with van der Waals surface area (Å²) in [5, 5.41) is 0. The van der Waals surface area contributed by atoms with Gasteiger partial charge in [0.05, 0.1) is 11.6 Å². The molecule has 1 aromatic rings. The lowest BCUT2D eigenvalue weighted by Gasteiger charge is -2.28. The van der Waals surface area contributed by atoms with Gasteiger partial charge in [-0.3, -0.25) is 4.98 Å². The highest BCUT2D eigenvalue weighted by atomic mass is 79.9. The monoisotopic (exact) mass is 334 g/mol. The average Bonchev–Trinajstić information content (AvgIpc) is 2.58. The van der Waals surface area contributed by atoms with E-state index in [4.69, 9.17) is 4.74 Å². The number of aromatic nitrogens is 1. The van der Waals surface area contributed by atoms with Crippen LogP contribution in [0.1, 0.15) is 20.3 Å². The minimum absolute atomic E-state index is 0.146. The van der Waals surface area contributed by atoms with E-state index >= 15 is 0 Å². The zero-order chi connectivity index (χ0) is 13.4. The van der Waals surface area contributed by atoms with Crippen LogP contribution in [-0.4, -0.2) is 31.7 Å². The maximum atomic E-state index is 12.3. The van der Waals surface area contributed by atoms with Gasteiger partial charge in [-0.1, -0.05) is 0 Å². The molecule has 1 fully saturated rings. The van der Waals surface area contributed by atoms with E-state index in [9.17, 15) is 8.42 Å². The lowest BCUT2D eigenvalue weighted by atomic mass is 9.97. The third-order valence-corrected chi connectivity index (χ3v) is 5.26. The molecule has 2 rings (SSSR count). The van der Waals surface area contributed by atoms with Crippen molar-refractivity contribution in [3.8, 4) is 0 Å². The van der Waals surface area contributed by atoms with E-state index < -0.39 is 15.6 Å². The number of hydrogen-bond donors (Lipinski definition) is 1. The number of sulfonamides is 1. The molecule has 0 saturated carbocycles. The first kappa shape index (κ1) is 13.9. The van der Waals surface area contributed by atoms with Gasteiger partial charge in [-0.15, -0.1) is 0 Å². The van der Waals surface area contributed by atoms with Crippen molar-refractivity contribution in [1.82, 2.24) is 9.71 Å². The Kier molecular flexibility index (Phi) is 3.77. The van der Waals surface area contributed by atoms with Crippen LogP contribution >= 0.6 is 15.9 Å². The smallest absolute Gasteiger partial charge is 0.242 e. The maximum Gasteiger partial charge on any atom is 0.242 e. The molecule has 0 spiro atoms. The van der Waals surface area contributed by atoms with Crippen LogP contribution in [0.4, 0.5) is 0 Å². The number of halogens is 1. The van der Waals surface area contributed by atoms with Gasteiger partial charge in [0.2, 0.25) is 10.0 Å². The summed E-state index contributed by atoms with van der Waals surface area (Å²) in [6, 6.07) is 1.53. The Morgan fingerprint density at radius 1 is 1.56 bits per heavy atom. The number of hydrogen-bond acceptors (Lipinski definition) is 4. The van der Waals surface area contributed by atoms with Crippen molar-refractivity contribution < 1.29 is 13.2 Å². The second-order valence-electron chi connectivity index (χ2n) is 4.62. The van der Waals surface area contributed by atoms with E-state index in [2.05, 4.69) is 25.6 Å². The first-order chi connectivity index (χ1) is 8.33. The molecule has 1 N–H and O–H groups in total. The van der Waals surface area contributed by atoms with E-state index in [1.165, 1.54) is 12.3 Å². The summed E-state index contributed by atoms with van der Waals surface area (Å²) in [6.07, 6.45) is 3.39. The molecule has 7 heteroatoms. The molecule has 2 atom stereocenters. The fourth-order valence-corrected chi connectivity index (χ4v) is 3.87. The van der Waals surface area contributed by atoms with Gasteiger partial charge < -0.3 is 4.74 Å². The Morgan fingerprint density at radius 3 is 2.83 bits per heavy atom. The van der Waals surface area contributed by atoms with Crippen LogP contribution in [-0.2, 0) is 14.8 Å². The van der Waals surface area contributed by atoms with Crippen molar-refractivity contribution >= 4 is 26.0 Å². The summed E-state index contributed by atoms with van der Waals surface area (Å²) in [7, 11) is -3.58. The quantitative estimate of drug-likeness (QED) is 0.913. The van der Waals surface area contributed by atoms with Gasteiger partial charge in [0.1, 0.15) is 4.90 Å². The Morgan fingerprint density at radius 2 is 2.28 bits per heavy atom. The molecule has 100 valence electrons. The van der Waals surface area contributed by atoms with Crippen LogP contribution in [0.2, 0.25) is 0 Å². The van der Waals surface area contributed by atoms with Crippen LogP contribution < -0.4 is 4.72 Å². The number of ether oxygens (including phenoxy) is 1. The van der Waals surface area contributed by atoms with E-state index in [0.717, 1.165) is 0 Å². The molecule has 1 aliphatic heterocycles. The van der Waals surface area contributed by atoms with Gasteiger partial charge in [0, 0.05) is 23.5 Å². The fourth-order valence-electron chi connectivity index (χ4n) is 1.87. The van der Waals surface area contributed by atoms with Gasteiger partial charge in [-0.2, -0.15) is 0 Å². The van der Waals surface area contributed by atoms with Gasteiger partial charge in [-0.05, 0) is 42.3 Å². The standard InChI is InChI=1S/C11H15BrN2O3S/c1-8-11(2,3-4-17-8)14-18(15,16)10-5-9(12)6-13-7-10/h5-8,14H,3-4H2,1-2H3. The normalized spacial score (nSPS) is 28.5. The molecule has 0 aromatic carbocycles. The molecule has 5 nitrogen and oxygen atoms in total. The highest BCUT2D eigenvalue weighted by Crippen LogP contribution is 2.27. The molecule has 18 heavy (non-hydrogen) atoms. The Bertz CT molecular complexity index is 549. The van der Waals surface area contributed by atoms with Crippen molar-refractivity contribution in [3.05, 3.63) is 22.9 Å². The maximum absolute atomic E-state index is 12.3. The SMILES string of the molecule is CC1OCCC1(C)NS(=O)(=O)c1cncc(Br)c1. The van der Waals surface area contributed by atoms with E-state index in [-0.39, 0.29) is 11.0 Å². The lowest BCUT2D eigenvalue weighted by Crippen LogP contribution is -2.50. The Hall–Kier alpha value is -0.500. The Labute approximate surface area is 115 Å². The highest BCUT2D eigenvalue weighted by molar-refractivity contribution is 9.10. The zero-order valence-corrected chi connectivity index (χ0v) is 12.6. The molecular formula is C11H15BrN2O3S. The molecule has 0 bridgehead atoms. The predicted molar refractivity (Wildman–Crippen MR) is 70.7 cm³/mol. The van der Waals surface area contributed by atoms with Crippen molar-refractivity contribution in [2.45, 2.75) is 36.8 Å². The summed E-state index contributed by atoms with van der Waals surface area (Å²) >= 11 is 3.21. The lowest BCUT2D eigenvalue weighted by molar-refractivity contribution is 0.0957. The Balaban J connectivity index is 2.28. The zero-order valence-electron chi connectivity index (χ0n) is 10.2. The first-order valence-corrected chi connectivity index (χ1v) is 7.87. The van der Waals surface area contributed by atoms with Crippen molar-refractivity contribution in [3.63, 3.8) is 0 Å². The number of nitrogens with zero attached hydrogens (tertiary/aromatic N) is 1. The highest BCUT2D eigenvalue weighted by Gasteiger charge is 2.40. The molecular weight excluding hydrogens is 320 g/mol. The average molecular weight is 335 g/mol. The second-order valence-corrected chi connectivity index (χ2v) is 7.22. The van der Waals surface area contributed by atoms with Crippen LogP contribution in [0.3, 0.4) is 0 Å². The van der Waals surface area contributed by atoms with E-state index in [1.807, 2.05) is 13.8 Å². The number of pyridine rings is 1. The van der Waals surface area contributed by atoms with Gasteiger partial charge in [-0.25, -0.2) is 13.1 Å². The molecule has 2 heterocycles. The predicted octanol–water partition coefficient (Wildman–Crippen LogP) is 1.69. The summed E-state index contributed by atoms with van der Waals surface area (Å²) in [5.41, 5.74) is -0.568. The second kappa shape index (κ2) is 4.88. The number of rotatable bonds is 3. The topological polar surface area (TPSA) is 68.3 Å². The third kappa shape index (κ3) is 2.74. The van der Waals surface area contributed by atoms with Crippen molar-refractivity contribution in [2.24, 2.45) is 0 Å². The van der Waals surface area contributed by atoms with Crippen LogP contribution in [0, 0.1) is 0 Å². The minimum atomic E-state index is -3.58. The number of nitrogens with one attached hydrogen (secondary N) is 1. The molecule has 1 aliphatic rings. The summed E-state index contributed by atoms with van der Waals surface area (Å²) < 4.78 is 33.3. The van der Waals surface area contributed by atoms with Gasteiger partial charge in [0.15, 0.2) is 0 Å². The minimum Gasteiger partial charge on any atom is -0.376 e. The fraction of sp³-hybridized carbons (Fsp3) is 0.545. The molecule has 1 aromatic heterocycles. The van der Waals surface area contributed by atoms with Crippen LogP contribution in [0.15, 0.2) is 27.8 Å². The molecule has 0 amide bonds. The van der Waals surface area contributed by atoms with Gasteiger partial charge >= 0.3 is 0 Å². The molecule has 0 aliphatic carbocycles. The van der Waals surface area contributed by atoms with Crippen molar-refractivity contribution in [2.75, 3.05) is 6.61 Å². The van der Waals surface area contributed by atoms with Gasteiger partial charge in [0.25, 0.3) is 0 Å². The summed E-state index contributed by atoms with van der Waals surface area (Å²) in [5.74, 6) is 0. The summed E-state index contributed by atoms with van der Waals surface area (Å²) in [4.78, 5) is 4.02. The largest absolute Gasteiger partial charge is 0.376 e. The molecule has 1 saturated heterocycles. The molecule has 2 unspecified atom stereocenters. The first-order valence-electron chi connectivity index (χ1n) is 5.60. The summed E-state index contributed by atoms with van der Waals surface area (Å²) in [6.45, 7) is 4.29. The third-order valence-electron chi connectivity index (χ3n) is 3.24. The van der Waals surface area contributed by atoms with Crippen LogP contribution in [0.5, 0.6) is 0 Å². The van der Waals surface area contributed by atoms with E-state index in [0.29, 0.717) is 17.5 Å². The molecule has 0 radical (unpaired) electrons. The van der Waals surface area contributed by atoms with E-state index in [1.54, 1.807) is 6.20 Å². The van der Waals surface area contributed by atoms with Crippen molar-refractivity contribution in [1.29, 1.82) is 0 Å².